The zero-order chi connectivity index (χ0) is 17.4. The molecule has 0 saturated heterocycles. The summed E-state index contributed by atoms with van der Waals surface area (Å²) in [5.74, 6) is 0.672. The van der Waals surface area contributed by atoms with Gasteiger partial charge in [-0.2, -0.15) is 0 Å². The second-order valence-electron chi connectivity index (χ2n) is 5.45. The molecule has 0 aliphatic heterocycles. The number of thiophene rings is 1. The molecule has 0 fully saturated rings. The summed E-state index contributed by atoms with van der Waals surface area (Å²) in [5, 5.41) is 2.93. The van der Waals surface area contributed by atoms with Crippen molar-refractivity contribution in [2.75, 3.05) is 7.11 Å². The van der Waals surface area contributed by atoms with Gasteiger partial charge in [0.2, 0.25) is 0 Å². The molecule has 0 aliphatic rings. The molecule has 0 aliphatic carbocycles. The number of thiol groups is 1. The zero-order valence-electron chi connectivity index (χ0n) is 13.3. The highest BCUT2D eigenvalue weighted by molar-refractivity contribution is 7.80. The molecule has 4 rings (SSSR count). The number of rotatable bonds is 3. The third-order valence-electron chi connectivity index (χ3n) is 3.99. The molecule has 0 bridgehead atoms. The van der Waals surface area contributed by atoms with E-state index in [0.29, 0.717) is 26.8 Å². The lowest BCUT2D eigenvalue weighted by Gasteiger charge is -2.10. The van der Waals surface area contributed by atoms with Crippen LogP contribution in [0.4, 0.5) is 0 Å². The molecule has 25 heavy (non-hydrogen) atoms. The van der Waals surface area contributed by atoms with Crippen LogP contribution in [-0.4, -0.2) is 16.7 Å². The Morgan fingerprint density at radius 3 is 2.68 bits per heavy atom. The molecule has 0 unspecified atom stereocenters. The van der Waals surface area contributed by atoms with Crippen LogP contribution in [0, 0.1) is 0 Å². The van der Waals surface area contributed by atoms with Crippen LogP contribution in [-0.2, 0) is 0 Å². The fraction of sp³-hybridized carbons (Fsp3) is 0.0526. The molecule has 0 radical (unpaired) electrons. The third-order valence-corrected chi connectivity index (χ3v) is 5.16. The van der Waals surface area contributed by atoms with Gasteiger partial charge in [0.25, 0.3) is 5.56 Å². The number of hydrogen-bond acceptors (Lipinski definition) is 5. The molecule has 4 nitrogen and oxygen atoms in total. The Hall–Kier alpha value is -2.57. The minimum atomic E-state index is -0.136. The third kappa shape index (κ3) is 2.73. The highest BCUT2D eigenvalue weighted by Gasteiger charge is 2.16. The fourth-order valence-electron chi connectivity index (χ4n) is 2.79. The molecule has 2 heterocycles. The molecule has 124 valence electrons. The van der Waals surface area contributed by atoms with E-state index in [9.17, 15) is 4.79 Å². The Balaban J connectivity index is 2.02. The molecule has 0 saturated carbocycles. The minimum Gasteiger partial charge on any atom is -0.497 e. The van der Waals surface area contributed by atoms with Crippen molar-refractivity contribution in [2.45, 2.75) is 5.16 Å². The average Bonchev–Trinajstić information content (AvgIpc) is 3.06. The second kappa shape index (κ2) is 6.38. The van der Waals surface area contributed by atoms with E-state index in [1.54, 1.807) is 13.2 Å². The van der Waals surface area contributed by atoms with Crippen molar-refractivity contribution in [1.82, 2.24) is 9.55 Å². The van der Waals surface area contributed by atoms with Crippen LogP contribution in [0.1, 0.15) is 0 Å². The highest BCUT2D eigenvalue weighted by Crippen LogP contribution is 2.31. The highest BCUT2D eigenvalue weighted by atomic mass is 32.1. The van der Waals surface area contributed by atoms with Gasteiger partial charge in [-0.3, -0.25) is 9.36 Å². The lowest BCUT2D eigenvalue weighted by molar-refractivity contribution is 0.414. The van der Waals surface area contributed by atoms with Gasteiger partial charge < -0.3 is 4.74 Å². The van der Waals surface area contributed by atoms with Crippen molar-refractivity contribution in [3.8, 4) is 22.6 Å². The Morgan fingerprint density at radius 1 is 1.12 bits per heavy atom. The smallest absolute Gasteiger partial charge is 0.268 e. The molecule has 2 aromatic heterocycles. The largest absolute Gasteiger partial charge is 0.497 e. The topological polar surface area (TPSA) is 44.1 Å². The fourth-order valence-corrected chi connectivity index (χ4v) is 4.10. The van der Waals surface area contributed by atoms with Crippen LogP contribution >= 0.6 is 24.0 Å². The van der Waals surface area contributed by atoms with E-state index in [0.717, 1.165) is 11.1 Å². The molecular formula is C19H14N2O2S2. The van der Waals surface area contributed by atoms with Crippen molar-refractivity contribution < 1.29 is 4.74 Å². The van der Waals surface area contributed by atoms with Crippen molar-refractivity contribution in [1.29, 1.82) is 0 Å². The Labute approximate surface area is 153 Å². The number of benzene rings is 2. The average molecular weight is 366 g/mol. The summed E-state index contributed by atoms with van der Waals surface area (Å²) in [6, 6.07) is 17.2. The van der Waals surface area contributed by atoms with Gasteiger partial charge in [-0.05, 0) is 17.7 Å². The summed E-state index contributed by atoms with van der Waals surface area (Å²) in [4.78, 5) is 18.5. The molecule has 0 N–H and O–H groups in total. The van der Waals surface area contributed by atoms with Gasteiger partial charge in [-0.25, -0.2) is 4.98 Å². The van der Waals surface area contributed by atoms with Crippen molar-refractivity contribution in [3.05, 3.63) is 70.3 Å². The van der Waals surface area contributed by atoms with E-state index in [-0.39, 0.29) is 5.56 Å². The number of fused-ring (bicyclic) bond motifs is 1. The van der Waals surface area contributed by atoms with E-state index in [4.69, 9.17) is 4.74 Å². The van der Waals surface area contributed by atoms with Crippen molar-refractivity contribution in [3.63, 3.8) is 0 Å². The van der Waals surface area contributed by atoms with Gasteiger partial charge in [0.1, 0.15) is 10.6 Å². The first kappa shape index (κ1) is 15.9. The predicted octanol–water partition coefficient (Wildman–Crippen LogP) is 4.41. The molecule has 2 aromatic carbocycles. The van der Waals surface area contributed by atoms with Gasteiger partial charge in [-0.1, -0.05) is 36.4 Å². The van der Waals surface area contributed by atoms with Crippen LogP contribution < -0.4 is 10.3 Å². The lowest BCUT2D eigenvalue weighted by Crippen LogP contribution is -2.20. The number of methoxy groups -OCH3 is 1. The van der Waals surface area contributed by atoms with E-state index < -0.39 is 0 Å². The summed E-state index contributed by atoms with van der Waals surface area (Å²) in [6.45, 7) is 0. The van der Waals surface area contributed by atoms with Gasteiger partial charge in [-0.15, -0.1) is 24.0 Å². The standard InChI is InChI=1S/C19H14N2O2S2/c1-23-14-9-5-8-13(10-14)21-18(22)16-15(12-6-3-2-4-7-12)11-25-17(16)20-19(21)24/h2-11H,1H3,(H,20,24). The monoisotopic (exact) mass is 366 g/mol. The maximum Gasteiger partial charge on any atom is 0.268 e. The molecule has 4 aromatic rings. The van der Waals surface area contributed by atoms with E-state index in [2.05, 4.69) is 17.6 Å². The quantitative estimate of drug-likeness (QED) is 0.431. The summed E-state index contributed by atoms with van der Waals surface area (Å²) in [7, 11) is 1.59. The Bertz CT molecular complexity index is 1120. The molecule has 0 atom stereocenters. The first-order chi connectivity index (χ1) is 12.2. The first-order valence-corrected chi connectivity index (χ1v) is 8.95. The van der Waals surface area contributed by atoms with Gasteiger partial charge in [0.05, 0.1) is 18.2 Å². The zero-order valence-corrected chi connectivity index (χ0v) is 15.1. The van der Waals surface area contributed by atoms with E-state index >= 15 is 0 Å². The Kier molecular flexibility index (Phi) is 4.07. The Morgan fingerprint density at radius 2 is 1.92 bits per heavy atom. The molecule has 6 heteroatoms. The van der Waals surface area contributed by atoms with Crippen LogP contribution in [0.25, 0.3) is 27.0 Å². The normalized spacial score (nSPS) is 11.0. The molecular weight excluding hydrogens is 352 g/mol. The van der Waals surface area contributed by atoms with Crippen LogP contribution in [0.2, 0.25) is 0 Å². The number of ether oxygens (including phenoxy) is 1. The summed E-state index contributed by atoms with van der Waals surface area (Å²) >= 11 is 5.88. The summed E-state index contributed by atoms with van der Waals surface area (Å²) in [5.41, 5.74) is 2.43. The molecule has 0 amide bonds. The van der Waals surface area contributed by atoms with E-state index in [1.807, 2.05) is 53.9 Å². The van der Waals surface area contributed by atoms with Gasteiger partial charge in [0, 0.05) is 17.0 Å². The number of hydrogen-bond donors (Lipinski definition) is 1. The number of nitrogens with zero attached hydrogens (tertiary/aromatic N) is 2. The van der Waals surface area contributed by atoms with Crippen LogP contribution in [0.3, 0.4) is 0 Å². The summed E-state index contributed by atoms with van der Waals surface area (Å²) in [6.07, 6.45) is 0. The molecule has 0 spiro atoms. The second-order valence-corrected chi connectivity index (χ2v) is 6.71. The van der Waals surface area contributed by atoms with Crippen LogP contribution in [0.5, 0.6) is 5.75 Å². The number of aromatic nitrogens is 2. The minimum absolute atomic E-state index is 0.136. The van der Waals surface area contributed by atoms with Crippen LogP contribution in [0.15, 0.2) is 69.9 Å². The maximum atomic E-state index is 13.2. The first-order valence-electron chi connectivity index (χ1n) is 7.62. The van der Waals surface area contributed by atoms with Gasteiger partial charge >= 0.3 is 0 Å². The lowest BCUT2D eigenvalue weighted by atomic mass is 10.1. The van der Waals surface area contributed by atoms with Crippen molar-refractivity contribution >= 4 is 34.2 Å². The SMILES string of the molecule is COc1cccc(-n2c(S)nc3scc(-c4ccccc4)c3c2=O)c1. The maximum absolute atomic E-state index is 13.2. The summed E-state index contributed by atoms with van der Waals surface area (Å²) < 4.78 is 6.77. The van der Waals surface area contributed by atoms with E-state index in [1.165, 1.54) is 15.9 Å². The predicted molar refractivity (Wildman–Crippen MR) is 104 cm³/mol. The van der Waals surface area contributed by atoms with Crippen molar-refractivity contribution in [2.24, 2.45) is 0 Å². The van der Waals surface area contributed by atoms with Gasteiger partial charge in [0.15, 0.2) is 5.16 Å².